The lowest BCUT2D eigenvalue weighted by atomic mass is 10.1. The molecule has 1 aliphatic heterocycles. The number of hydrogen-bond acceptors (Lipinski definition) is 2. The van der Waals surface area contributed by atoms with E-state index in [0.29, 0.717) is 0 Å². The van der Waals surface area contributed by atoms with E-state index in [1.165, 1.54) is 30.5 Å². The lowest BCUT2D eigenvalue weighted by molar-refractivity contribution is -0.115. The van der Waals surface area contributed by atoms with Gasteiger partial charge in [0.25, 0.3) is 0 Å². The van der Waals surface area contributed by atoms with E-state index >= 15 is 0 Å². The maximum atomic E-state index is 11.6. The van der Waals surface area contributed by atoms with Crippen LogP contribution in [0.3, 0.4) is 0 Å². The fourth-order valence-corrected chi connectivity index (χ4v) is 2.52. The first-order chi connectivity index (χ1) is 9.08. The molecule has 1 fully saturated rings. The Kier molecular flexibility index (Phi) is 4.70. The molecule has 0 aliphatic carbocycles. The third-order valence-corrected chi connectivity index (χ3v) is 3.72. The van der Waals surface area contributed by atoms with E-state index in [1.807, 2.05) is 12.1 Å². The van der Waals surface area contributed by atoms with Crippen molar-refractivity contribution in [1.29, 1.82) is 0 Å². The number of nitrogens with zero attached hydrogens (tertiary/aromatic N) is 1. The van der Waals surface area contributed by atoms with Gasteiger partial charge in [-0.3, -0.25) is 4.79 Å². The molecule has 2 rings (SSSR count). The van der Waals surface area contributed by atoms with Crippen LogP contribution in [0, 0.1) is 6.92 Å². The molecule has 0 bridgehead atoms. The van der Waals surface area contributed by atoms with Gasteiger partial charge in [0, 0.05) is 24.5 Å². The van der Waals surface area contributed by atoms with Crippen LogP contribution in [0.25, 0.3) is 0 Å². The molecule has 4 heteroatoms. The van der Waals surface area contributed by atoms with Crippen LogP contribution in [0.2, 0.25) is 0 Å². The summed E-state index contributed by atoms with van der Waals surface area (Å²) in [4.78, 5) is 14.0. The lowest BCUT2D eigenvalue weighted by Gasteiger charge is -2.30. The van der Waals surface area contributed by atoms with Gasteiger partial charge in [0.15, 0.2) is 0 Å². The van der Waals surface area contributed by atoms with Crippen molar-refractivity contribution in [1.82, 2.24) is 0 Å². The van der Waals surface area contributed by atoms with Gasteiger partial charge >= 0.3 is 0 Å². The van der Waals surface area contributed by atoms with Gasteiger partial charge < -0.3 is 10.2 Å². The van der Waals surface area contributed by atoms with Crippen LogP contribution in [0.15, 0.2) is 18.2 Å². The number of hydrogen-bond donors (Lipinski definition) is 1. The quantitative estimate of drug-likeness (QED) is 0.859. The van der Waals surface area contributed by atoms with Crippen molar-refractivity contribution in [2.24, 2.45) is 0 Å². The molecular formula is C15H21ClN2O. The number of piperidine rings is 1. The zero-order chi connectivity index (χ0) is 13.8. The molecule has 19 heavy (non-hydrogen) atoms. The summed E-state index contributed by atoms with van der Waals surface area (Å²) in [6, 6.07) is 6.06. The number of anilines is 2. The Labute approximate surface area is 119 Å². The number of alkyl halides is 1. The van der Waals surface area contributed by atoms with Crippen molar-refractivity contribution in [3.63, 3.8) is 0 Å². The minimum atomic E-state index is -0.512. The van der Waals surface area contributed by atoms with Crippen LogP contribution in [-0.4, -0.2) is 24.4 Å². The molecule has 1 atom stereocenters. The molecule has 1 N–H and O–H groups in total. The molecule has 0 radical (unpaired) electrons. The number of carbonyl (C=O) groups excluding carboxylic acids is 1. The van der Waals surface area contributed by atoms with Crippen LogP contribution in [0.5, 0.6) is 0 Å². The van der Waals surface area contributed by atoms with Crippen molar-refractivity contribution in [3.8, 4) is 0 Å². The molecule has 0 saturated carbocycles. The van der Waals surface area contributed by atoms with Gasteiger partial charge in [0.2, 0.25) is 5.91 Å². The number of rotatable bonds is 3. The smallest absolute Gasteiger partial charge is 0.242 e. The Morgan fingerprint density at radius 3 is 2.58 bits per heavy atom. The second kappa shape index (κ2) is 6.29. The molecule has 1 aliphatic rings. The van der Waals surface area contributed by atoms with Crippen LogP contribution >= 0.6 is 11.6 Å². The predicted molar refractivity (Wildman–Crippen MR) is 81.2 cm³/mol. The molecule has 1 heterocycles. The summed E-state index contributed by atoms with van der Waals surface area (Å²) in [7, 11) is 0. The molecule has 1 aromatic carbocycles. The highest BCUT2D eigenvalue weighted by Gasteiger charge is 2.14. The standard InChI is InChI=1S/C15H21ClN2O/c1-11-10-13(17-15(19)12(2)16)6-7-14(11)18-8-4-3-5-9-18/h6-7,10,12H,3-5,8-9H2,1-2H3,(H,17,19)/t12-/m1/s1. The summed E-state index contributed by atoms with van der Waals surface area (Å²) >= 11 is 5.75. The number of amides is 1. The zero-order valence-electron chi connectivity index (χ0n) is 11.6. The minimum Gasteiger partial charge on any atom is -0.371 e. The SMILES string of the molecule is Cc1cc(NC(=O)[C@@H](C)Cl)ccc1N1CCCCC1. The van der Waals surface area contributed by atoms with E-state index in [9.17, 15) is 4.79 Å². The van der Waals surface area contributed by atoms with Crippen LogP contribution in [0.1, 0.15) is 31.7 Å². The van der Waals surface area contributed by atoms with Gasteiger partial charge in [-0.25, -0.2) is 0 Å². The summed E-state index contributed by atoms with van der Waals surface area (Å²) in [6.07, 6.45) is 3.86. The summed E-state index contributed by atoms with van der Waals surface area (Å²) in [6.45, 7) is 6.02. The highest BCUT2D eigenvalue weighted by molar-refractivity contribution is 6.32. The Bertz CT molecular complexity index is 453. The maximum Gasteiger partial charge on any atom is 0.242 e. The normalized spacial score (nSPS) is 17.1. The monoisotopic (exact) mass is 280 g/mol. The van der Waals surface area contributed by atoms with Crippen molar-refractivity contribution in [2.75, 3.05) is 23.3 Å². The van der Waals surface area contributed by atoms with E-state index in [0.717, 1.165) is 18.8 Å². The Hall–Kier alpha value is -1.22. The summed E-state index contributed by atoms with van der Waals surface area (Å²) in [5.41, 5.74) is 3.29. The molecule has 104 valence electrons. The number of carbonyl (C=O) groups is 1. The van der Waals surface area contributed by atoms with Crippen molar-refractivity contribution in [3.05, 3.63) is 23.8 Å². The van der Waals surface area contributed by atoms with Crippen LogP contribution < -0.4 is 10.2 Å². The number of nitrogens with one attached hydrogen (secondary N) is 1. The lowest BCUT2D eigenvalue weighted by Crippen LogP contribution is -2.30. The first kappa shape index (κ1) is 14.2. The molecule has 0 spiro atoms. The first-order valence-corrected chi connectivity index (χ1v) is 7.32. The zero-order valence-corrected chi connectivity index (χ0v) is 12.3. The summed E-state index contributed by atoms with van der Waals surface area (Å²) in [5, 5.41) is 2.31. The Balaban J connectivity index is 2.10. The highest BCUT2D eigenvalue weighted by Crippen LogP contribution is 2.26. The van der Waals surface area contributed by atoms with Crippen molar-refractivity contribution < 1.29 is 4.79 Å². The fourth-order valence-electron chi connectivity index (χ4n) is 2.46. The average Bonchev–Trinajstić information content (AvgIpc) is 2.39. The first-order valence-electron chi connectivity index (χ1n) is 6.88. The van der Waals surface area contributed by atoms with E-state index < -0.39 is 5.38 Å². The predicted octanol–water partition coefficient (Wildman–Crippen LogP) is 3.55. The fraction of sp³-hybridized carbons (Fsp3) is 0.533. The molecule has 1 saturated heterocycles. The number of benzene rings is 1. The molecule has 3 nitrogen and oxygen atoms in total. The van der Waals surface area contributed by atoms with Gasteiger partial charge in [0.05, 0.1) is 0 Å². The van der Waals surface area contributed by atoms with Gasteiger partial charge in [-0.2, -0.15) is 0 Å². The molecule has 1 aromatic rings. The maximum absolute atomic E-state index is 11.6. The van der Waals surface area contributed by atoms with E-state index in [4.69, 9.17) is 11.6 Å². The largest absolute Gasteiger partial charge is 0.371 e. The van der Waals surface area contributed by atoms with Gasteiger partial charge in [0.1, 0.15) is 5.38 Å². The molecule has 1 amide bonds. The summed E-state index contributed by atoms with van der Waals surface area (Å²) < 4.78 is 0. The minimum absolute atomic E-state index is 0.160. The van der Waals surface area contributed by atoms with Crippen molar-refractivity contribution in [2.45, 2.75) is 38.5 Å². The van der Waals surface area contributed by atoms with Crippen molar-refractivity contribution >= 4 is 28.9 Å². The van der Waals surface area contributed by atoms with Gasteiger partial charge in [-0.15, -0.1) is 11.6 Å². The average molecular weight is 281 g/mol. The number of halogens is 1. The number of aryl methyl sites for hydroxylation is 1. The van der Waals surface area contributed by atoms with Crippen LogP contribution in [-0.2, 0) is 4.79 Å². The van der Waals surface area contributed by atoms with Crippen LogP contribution in [0.4, 0.5) is 11.4 Å². The molecule has 0 unspecified atom stereocenters. The third-order valence-electron chi connectivity index (χ3n) is 3.52. The second-order valence-electron chi connectivity index (χ2n) is 5.15. The highest BCUT2D eigenvalue weighted by atomic mass is 35.5. The summed E-state index contributed by atoms with van der Waals surface area (Å²) in [5.74, 6) is -0.160. The molecular weight excluding hydrogens is 260 g/mol. The van der Waals surface area contributed by atoms with Gasteiger partial charge in [-0.1, -0.05) is 0 Å². The third kappa shape index (κ3) is 3.63. The van der Waals surface area contributed by atoms with Gasteiger partial charge in [-0.05, 0) is 56.9 Å². The molecule has 0 aromatic heterocycles. The van der Waals surface area contributed by atoms with E-state index in [-0.39, 0.29) is 5.91 Å². The van der Waals surface area contributed by atoms with E-state index in [2.05, 4.69) is 23.2 Å². The Morgan fingerprint density at radius 1 is 1.32 bits per heavy atom. The topological polar surface area (TPSA) is 32.3 Å². The second-order valence-corrected chi connectivity index (χ2v) is 5.81. The van der Waals surface area contributed by atoms with E-state index in [1.54, 1.807) is 6.92 Å². The Morgan fingerprint density at radius 2 is 2.00 bits per heavy atom.